The van der Waals surface area contributed by atoms with Gasteiger partial charge < -0.3 is 20.3 Å². The summed E-state index contributed by atoms with van der Waals surface area (Å²) >= 11 is 0. The Morgan fingerprint density at radius 3 is 2.05 bits per heavy atom. The largest absolute Gasteiger partial charge is 0.511 e. The molecule has 5 aliphatic heterocycles. The van der Waals surface area contributed by atoms with Crippen molar-refractivity contribution in [3.8, 4) is 0 Å². The van der Waals surface area contributed by atoms with E-state index in [1.807, 2.05) is 32.1 Å². The molecule has 9 nitrogen and oxygen atoms in total. The van der Waals surface area contributed by atoms with Crippen LogP contribution in [0.2, 0.25) is 0 Å². The molecule has 0 aromatic heterocycles. The van der Waals surface area contributed by atoms with Crippen LogP contribution < -0.4 is 5.32 Å². The second kappa shape index (κ2) is 18.6. The maximum atomic E-state index is 13.4. The number of allylic oxidation sites excluding steroid dienone is 11. The molecule has 6 rings (SSSR count). The van der Waals surface area contributed by atoms with Gasteiger partial charge in [-0.3, -0.25) is 9.59 Å². The summed E-state index contributed by atoms with van der Waals surface area (Å²) in [7, 11) is 0. The molecule has 1 aliphatic carbocycles. The Balaban J connectivity index is 1.23. The lowest BCUT2D eigenvalue weighted by Gasteiger charge is -2.17. The number of aliphatic carboxylic acids is 1. The van der Waals surface area contributed by atoms with Crippen molar-refractivity contribution in [2.45, 2.75) is 157 Å². The highest BCUT2D eigenvalue weighted by atomic mass is 16.5. The lowest BCUT2D eigenvalue weighted by Crippen LogP contribution is -2.15. The number of nitrogens with one attached hydrogen (secondary N) is 1. The van der Waals surface area contributed by atoms with Crippen LogP contribution in [0, 0.1) is 11.8 Å². The third kappa shape index (κ3) is 9.03. The van der Waals surface area contributed by atoms with Crippen LogP contribution in [0.4, 0.5) is 0 Å². The molecule has 6 aliphatic rings. The number of unbranched alkanes of at least 4 members (excludes halogenated alkanes) is 12. The minimum Gasteiger partial charge on any atom is -0.511 e. The average molecular weight is 763 g/mol. The molecule has 0 aromatic carbocycles. The Hall–Kier alpha value is -4.53. The van der Waals surface area contributed by atoms with Crippen LogP contribution in [-0.2, 0) is 14.3 Å². The normalized spacial score (nSPS) is 21.5. The first-order valence-electron chi connectivity index (χ1n) is 21.4. The van der Waals surface area contributed by atoms with Gasteiger partial charge in [0.15, 0.2) is 5.76 Å². The van der Waals surface area contributed by atoms with E-state index in [4.69, 9.17) is 19.7 Å². The van der Waals surface area contributed by atoms with Gasteiger partial charge in [-0.1, -0.05) is 97.8 Å². The monoisotopic (exact) mass is 762 g/mol. The fourth-order valence-electron chi connectivity index (χ4n) is 8.94. The number of carbonyl (C=O) groups excluding carboxylic acids is 1. The molecular formula is C47H62N4O5. The van der Waals surface area contributed by atoms with Crippen molar-refractivity contribution in [3.63, 3.8) is 0 Å². The summed E-state index contributed by atoms with van der Waals surface area (Å²) in [5.41, 5.74) is 11.6. The Bertz CT molecular complexity index is 1970. The van der Waals surface area contributed by atoms with Gasteiger partial charge in [0.25, 0.3) is 0 Å². The molecule has 0 radical (unpaired) electrons. The van der Waals surface area contributed by atoms with Gasteiger partial charge in [-0.2, -0.15) is 0 Å². The highest BCUT2D eigenvalue weighted by Gasteiger charge is 2.41. The van der Waals surface area contributed by atoms with E-state index in [0.717, 1.165) is 93.3 Å². The van der Waals surface area contributed by atoms with Crippen LogP contribution in [0.1, 0.15) is 157 Å². The van der Waals surface area contributed by atoms with E-state index in [2.05, 4.69) is 33.0 Å². The van der Waals surface area contributed by atoms with E-state index in [9.17, 15) is 19.8 Å². The van der Waals surface area contributed by atoms with Gasteiger partial charge >= 0.3 is 11.9 Å². The van der Waals surface area contributed by atoms with Crippen molar-refractivity contribution in [3.05, 3.63) is 91.7 Å². The topological polar surface area (TPSA) is 133 Å². The molecule has 0 saturated carbocycles. The number of hydrogen-bond donors (Lipinski definition) is 3. The number of carbonyl (C=O) groups is 2. The fourth-order valence-corrected chi connectivity index (χ4v) is 8.94. The van der Waals surface area contributed by atoms with Crippen LogP contribution >= 0.6 is 0 Å². The molecule has 0 amide bonds. The summed E-state index contributed by atoms with van der Waals surface area (Å²) in [5, 5.41) is 24.6. The molecule has 5 heterocycles. The molecule has 1 fully saturated rings. The van der Waals surface area contributed by atoms with Crippen molar-refractivity contribution in [1.82, 2.24) is 5.32 Å². The number of rotatable bonds is 19. The van der Waals surface area contributed by atoms with Crippen molar-refractivity contribution in [1.29, 1.82) is 0 Å². The Labute approximate surface area is 333 Å². The van der Waals surface area contributed by atoms with Crippen LogP contribution in [0.5, 0.6) is 0 Å². The number of hydrogen-bond acceptors (Lipinski definition) is 8. The van der Waals surface area contributed by atoms with Crippen molar-refractivity contribution >= 4 is 29.1 Å². The first kappa shape index (κ1) is 41.1. The van der Waals surface area contributed by atoms with E-state index in [1.165, 1.54) is 64.2 Å². The summed E-state index contributed by atoms with van der Waals surface area (Å²) in [5.74, 6) is -0.556. The zero-order chi connectivity index (χ0) is 39.9. The van der Waals surface area contributed by atoms with E-state index in [1.54, 1.807) is 0 Å². The van der Waals surface area contributed by atoms with Crippen molar-refractivity contribution in [2.24, 2.45) is 26.8 Å². The third-order valence-corrected chi connectivity index (χ3v) is 12.4. The highest BCUT2D eigenvalue weighted by molar-refractivity contribution is 6.21. The molecule has 0 aromatic rings. The van der Waals surface area contributed by atoms with Crippen LogP contribution in [-0.4, -0.2) is 39.3 Å². The quantitative estimate of drug-likeness (QED) is 0.0886. The molecule has 8 bridgehead atoms. The van der Waals surface area contributed by atoms with Crippen LogP contribution in [0.25, 0.3) is 0 Å². The van der Waals surface area contributed by atoms with Gasteiger partial charge in [0.1, 0.15) is 11.5 Å². The number of carboxylic acid groups (broad SMARTS) is 1. The Morgan fingerprint density at radius 1 is 0.786 bits per heavy atom. The first-order valence-corrected chi connectivity index (χ1v) is 21.4. The maximum Gasteiger partial charge on any atom is 0.311 e. The van der Waals surface area contributed by atoms with E-state index < -0.39 is 5.97 Å². The SMILES string of the molecule is CCCCCCCCCCCCCCCC(=O)OC1=C(C)C2=NC1=CC1=NC(=CC3=C(C)C4=C(O)CC(=C5NC(=C2)[C@@H](C)[C@@H]5CCC(=O)O)C4=N3)C(CC)=C1C. The van der Waals surface area contributed by atoms with Gasteiger partial charge in [0.05, 0.1) is 28.5 Å². The van der Waals surface area contributed by atoms with E-state index in [0.29, 0.717) is 36.4 Å². The van der Waals surface area contributed by atoms with E-state index >= 15 is 0 Å². The smallest absolute Gasteiger partial charge is 0.311 e. The minimum absolute atomic E-state index is 0.0197. The lowest BCUT2D eigenvalue weighted by atomic mass is 9.86. The third-order valence-electron chi connectivity index (χ3n) is 12.4. The van der Waals surface area contributed by atoms with Gasteiger partial charge in [-0.25, -0.2) is 15.0 Å². The molecular weight excluding hydrogens is 701 g/mol. The number of aliphatic hydroxyl groups is 1. The van der Waals surface area contributed by atoms with Crippen LogP contribution in [0.15, 0.2) is 107 Å². The summed E-state index contributed by atoms with van der Waals surface area (Å²) < 4.78 is 6.17. The van der Waals surface area contributed by atoms with Crippen molar-refractivity contribution in [2.75, 3.05) is 0 Å². The number of nitrogens with zero attached hydrogens (tertiary/aromatic N) is 3. The summed E-state index contributed by atoms with van der Waals surface area (Å²) in [6, 6.07) is 0. The fraction of sp³-hybridized carbons (Fsp3) is 0.553. The second-order valence-electron chi connectivity index (χ2n) is 16.3. The predicted molar refractivity (Wildman–Crippen MR) is 225 cm³/mol. The number of aliphatic hydroxyl groups excluding tert-OH is 1. The molecule has 56 heavy (non-hydrogen) atoms. The molecule has 0 spiro atoms. The molecule has 1 saturated heterocycles. The molecule has 3 N–H and O–H groups in total. The first-order chi connectivity index (χ1) is 27.0. The summed E-state index contributed by atoms with van der Waals surface area (Å²) in [6.07, 6.45) is 24.0. The predicted octanol–water partition coefficient (Wildman–Crippen LogP) is 11.5. The number of fused-ring (bicyclic) bond motifs is 5. The zero-order valence-electron chi connectivity index (χ0n) is 34.6. The van der Waals surface area contributed by atoms with Gasteiger partial charge in [0, 0.05) is 59.2 Å². The summed E-state index contributed by atoms with van der Waals surface area (Å²) in [6.45, 7) is 12.5. The van der Waals surface area contributed by atoms with Gasteiger partial charge in [0.2, 0.25) is 0 Å². The number of carboxylic acids is 1. The molecule has 9 heteroatoms. The molecule has 0 unspecified atom stereocenters. The lowest BCUT2D eigenvalue weighted by molar-refractivity contribution is -0.139. The Kier molecular flexibility index (Phi) is 13.7. The number of esters is 1. The average Bonchev–Trinajstić information content (AvgIpc) is 3.92. The standard InChI is InChI=1S/C47H62N4O5/c1-7-9-10-11-12-13-14-15-16-17-18-19-20-21-43(55)56-47-31(6)38-25-36-29(4)33(22-23-42(53)54)45(50-36)34-24-41(52)44-30(5)37(51-46(34)44)26-39-32(8-2)28(3)35(48-39)27-40(47)49-38/h25-27,29,33,50,52H,7-24H2,1-6H3,(H,53,54)/t29-,33-/m0/s1. The molecule has 300 valence electrons. The Morgan fingerprint density at radius 2 is 1.41 bits per heavy atom. The highest BCUT2D eigenvalue weighted by Crippen LogP contribution is 2.46. The minimum atomic E-state index is -0.847. The van der Waals surface area contributed by atoms with Gasteiger partial charge in [-0.05, 0) is 75.0 Å². The van der Waals surface area contributed by atoms with Crippen LogP contribution in [0.3, 0.4) is 0 Å². The van der Waals surface area contributed by atoms with E-state index in [-0.39, 0.29) is 30.0 Å². The van der Waals surface area contributed by atoms with Crippen molar-refractivity contribution < 1.29 is 24.5 Å². The summed E-state index contributed by atoms with van der Waals surface area (Å²) in [4.78, 5) is 40.4. The van der Waals surface area contributed by atoms with Gasteiger partial charge in [-0.15, -0.1) is 0 Å². The maximum absolute atomic E-state index is 13.4. The molecule has 2 atom stereocenters. The second-order valence-corrected chi connectivity index (χ2v) is 16.3. The zero-order valence-corrected chi connectivity index (χ0v) is 34.6. The number of aliphatic imine (C=N–C) groups is 3. The number of ether oxygens (including phenoxy) is 1.